The van der Waals surface area contributed by atoms with Crippen molar-refractivity contribution in [2.24, 2.45) is 0 Å². The number of pyridine rings is 1. The largest absolute Gasteiger partial charge is 0.505 e. The number of nitrogens with zero attached hydrogens (tertiary/aromatic N) is 3. The minimum Gasteiger partial charge on any atom is -0.505 e. The van der Waals surface area contributed by atoms with Crippen molar-refractivity contribution < 1.29 is 9.84 Å². The third kappa shape index (κ3) is 3.50. The molecule has 0 aliphatic heterocycles. The fraction of sp³-hybridized carbons (Fsp3) is 0. The summed E-state index contributed by atoms with van der Waals surface area (Å²) in [6, 6.07) is 12.8. The summed E-state index contributed by atoms with van der Waals surface area (Å²) in [6.45, 7) is 0. The first-order chi connectivity index (χ1) is 10.1. The summed E-state index contributed by atoms with van der Waals surface area (Å²) in [5, 5.41) is 27.7. The molecule has 1 N–H and O–H groups in total. The van der Waals surface area contributed by atoms with Gasteiger partial charge in [-0.1, -0.05) is 11.6 Å². The maximum atomic E-state index is 9.76. The Morgan fingerprint density at radius 3 is 2.29 bits per heavy atom. The lowest BCUT2D eigenvalue weighted by Crippen LogP contribution is -1.90. The number of aromatic nitrogens is 1. The molecule has 1 heterocycles. The third-order valence-electron chi connectivity index (χ3n) is 2.51. The van der Waals surface area contributed by atoms with Gasteiger partial charge < -0.3 is 9.84 Å². The lowest BCUT2D eigenvalue weighted by atomic mass is 10.1. The molecule has 0 saturated heterocycles. The van der Waals surface area contributed by atoms with E-state index in [0.717, 1.165) is 0 Å². The molecular weight excluding hydrogens is 290 g/mol. The molecule has 0 amide bonds. The molecule has 1 aromatic heterocycles. The molecule has 0 aliphatic rings. The average Bonchev–Trinajstić information content (AvgIpc) is 2.51. The van der Waals surface area contributed by atoms with Gasteiger partial charge in [-0.25, -0.2) is 4.98 Å². The van der Waals surface area contributed by atoms with Crippen molar-refractivity contribution in [2.45, 2.75) is 0 Å². The van der Waals surface area contributed by atoms with Crippen LogP contribution in [0, 0.1) is 22.7 Å². The minimum atomic E-state index is -0.365. The van der Waals surface area contributed by atoms with E-state index >= 15 is 0 Å². The average molecular weight is 298 g/mol. The van der Waals surface area contributed by atoms with E-state index in [1.54, 1.807) is 36.4 Å². The number of halogens is 1. The standard InChI is InChI=1S/C15H8ClN3O2/c16-12-3-6-14(19-9-12)21-13-4-1-10(2-5-13)15(20)11(7-17)8-18/h1-6,9,20H. The summed E-state index contributed by atoms with van der Waals surface area (Å²) in [4.78, 5) is 3.99. The number of aliphatic hydroxyl groups excluding tert-OH is 1. The van der Waals surface area contributed by atoms with Crippen LogP contribution in [-0.4, -0.2) is 10.1 Å². The molecule has 21 heavy (non-hydrogen) atoms. The quantitative estimate of drug-likeness (QED) is 0.686. The van der Waals surface area contributed by atoms with Gasteiger partial charge in [-0.2, -0.15) is 10.5 Å². The predicted octanol–water partition coefficient (Wildman–Crippen LogP) is 3.84. The van der Waals surface area contributed by atoms with Crippen molar-refractivity contribution in [3.8, 4) is 23.8 Å². The molecule has 0 fully saturated rings. The van der Waals surface area contributed by atoms with E-state index < -0.39 is 0 Å². The van der Waals surface area contributed by atoms with E-state index in [0.29, 0.717) is 22.2 Å². The predicted molar refractivity (Wildman–Crippen MR) is 76.5 cm³/mol. The van der Waals surface area contributed by atoms with Crippen LogP contribution in [0.1, 0.15) is 5.56 Å². The molecule has 6 heteroatoms. The lowest BCUT2D eigenvalue weighted by molar-refractivity contribution is 0.462. The molecule has 0 atom stereocenters. The van der Waals surface area contributed by atoms with E-state index in [-0.39, 0.29) is 11.3 Å². The Bertz CT molecular complexity index is 737. The maximum Gasteiger partial charge on any atom is 0.219 e. The van der Waals surface area contributed by atoms with Crippen LogP contribution in [0.5, 0.6) is 11.6 Å². The van der Waals surface area contributed by atoms with Crippen LogP contribution in [0.15, 0.2) is 48.2 Å². The molecule has 1 aromatic carbocycles. The van der Waals surface area contributed by atoms with E-state index in [1.165, 1.54) is 18.3 Å². The van der Waals surface area contributed by atoms with E-state index in [2.05, 4.69) is 4.98 Å². The molecule has 0 aliphatic carbocycles. The van der Waals surface area contributed by atoms with Crippen LogP contribution in [0.2, 0.25) is 5.02 Å². The Morgan fingerprint density at radius 2 is 1.76 bits per heavy atom. The first kappa shape index (κ1) is 14.4. The summed E-state index contributed by atoms with van der Waals surface area (Å²) >= 11 is 5.72. The van der Waals surface area contributed by atoms with Crippen molar-refractivity contribution in [1.82, 2.24) is 4.98 Å². The van der Waals surface area contributed by atoms with Gasteiger partial charge in [-0.15, -0.1) is 0 Å². The first-order valence-electron chi connectivity index (χ1n) is 5.77. The molecule has 2 rings (SSSR count). The number of aliphatic hydroxyl groups is 1. The molecule has 0 bridgehead atoms. The van der Waals surface area contributed by atoms with Gasteiger partial charge in [0.25, 0.3) is 0 Å². The number of nitriles is 2. The molecule has 5 nitrogen and oxygen atoms in total. The Kier molecular flexibility index (Phi) is 4.40. The fourth-order valence-corrected chi connectivity index (χ4v) is 1.61. The smallest absolute Gasteiger partial charge is 0.219 e. The molecule has 2 aromatic rings. The number of benzene rings is 1. The van der Waals surface area contributed by atoms with Crippen molar-refractivity contribution >= 4 is 17.4 Å². The van der Waals surface area contributed by atoms with Gasteiger partial charge in [0.1, 0.15) is 17.9 Å². The summed E-state index contributed by atoms with van der Waals surface area (Å²) < 4.78 is 5.48. The summed E-state index contributed by atoms with van der Waals surface area (Å²) in [5.74, 6) is 0.509. The Morgan fingerprint density at radius 1 is 1.10 bits per heavy atom. The van der Waals surface area contributed by atoms with Gasteiger partial charge in [0, 0.05) is 17.8 Å². The van der Waals surface area contributed by atoms with Crippen molar-refractivity contribution in [1.29, 1.82) is 10.5 Å². The maximum absolute atomic E-state index is 9.76. The molecule has 0 radical (unpaired) electrons. The Balaban J connectivity index is 2.20. The number of allylic oxidation sites excluding steroid dienone is 1. The Labute approximate surface area is 125 Å². The topological polar surface area (TPSA) is 89.9 Å². The second-order valence-electron chi connectivity index (χ2n) is 3.89. The molecule has 0 spiro atoms. The monoisotopic (exact) mass is 297 g/mol. The zero-order valence-corrected chi connectivity index (χ0v) is 11.4. The van der Waals surface area contributed by atoms with Crippen LogP contribution in [0.25, 0.3) is 5.76 Å². The van der Waals surface area contributed by atoms with Crippen LogP contribution in [-0.2, 0) is 0 Å². The molecule has 102 valence electrons. The highest BCUT2D eigenvalue weighted by molar-refractivity contribution is 6.30. The van der Waals surface area contributed by atoms with Crippen molar-refractivity contribution in [2.75, 3.05) is 0 Å². The number of rotatable bonds is 3. The second-order valence-corrected chi connectivity index (χ2v) is 4.32. The highest BCUT2D eigenvalue weighted by atomic mass is 35.5. The zero-order chi connectivity index (χ0) is 15.2. The summed E-state index contributed by atoms with van der Waals surface area (Å²) in [5.41, 5.74) is 0.00699. The number of ether oxygens (including phenoxy) is 1. The van der Waals surface area contributed by atoms with Gasteiger partial charge in [0.05, 0.1) is 5.02 Å². The van der Waals surface area contributed by atoms with Crippen LogP contribution in [0.4, 0.5) is 0 Å². The highest BCUT2D eigenvalue weighted by Gasteiger charge is 2.07. The van der Waals surface area contributed by atoms with Gasteiger partial charge in [-0.05, 0) is 30.3 Å². The molecule has 0 unspecified atom stereocenters. The number of hydrogen-bond donors (Lipinski definition) is 1. The van der Waals surface area contributed by atoms with Crippen molar-refractivity contribution in [3.63, 3.8) is 0 Å². The highest BCUT2D eigenvalue weighted by Crippen LogP contribution is 2.23. The lowest BCUT2D eigenvalue weighted by Gasteiger charge is -2.06. The second kappa shape index (κ2) is 6.42. The minimum absolute atomic E-state index is 0.344. The normalized spacial score (nSPS) is 9.29. The third-order valence-corrected chi connectivity index (χ3v) is 2.73. The first-order valence-corrected chi connectivity index (χ1v) is 6.15. The van der Waals surface area contributed by atoms with E-state index in [9.17, 15) is 5.11 Å². The molecular formula is C15H8ClN3O2. The SMILES string of the molecule is N#CC(C#N)=C(O)c1ccc(Oc2ccc(Cl)cn2)cc1. The van der Waals surface area contributed by atoms with Gasteiger partial charge >= 0.3 is 0 Å². The fourth-order valence-electron chi connectivity index (χ4n) is 1.50. The molecule has 0 saturated carbocycles. The zero-order valence-electron chi connectivity index (χ0n) is 10.6. The van der Waals surface area contributed by atoms with Crippen molar-refractivity contribution in [3.05, 3.63) is 58.8 Å². The van der Waals surface area contributed by atoms with Crippen LogP contribution in [0.3, 0.4) is 0 Å². The summed E-state index contributed by atoms with van der Waals surface area (Å²) in [6.07, 6.45) is 1.46. The van der Waals surface area contributed by atoms with Gasteiger partial charge in [0.2, 0.25) is 5.88 Å². The number of hydrogen-bond acceptors (Lipinski definition) is 5. The van der Waals surface area contributed by atoms with Gasteiger partial charge in [0.15, 0.2) is 11.3 Å². The van der Waals surface area contributed by atoms with Crippen LogP contribution >= 0.6 is 11.6 Å². The van der Waals surface area contributed by atoms with E-state index in [4.69, 9.17) is 26.9 Å². The van der Waals surface area contributed by atoms with Crippen LogP contribution < -0.4 is 4.74 Å². The van der Waals surface area contributed by atoms with E-state index in [1.807, 2.05) is 0 Å². The van der Waals surface area contributed by atoms with Gasteiger partial charge in [-0.3, -0.25) is 0 Å². The summed E-state index contributed by atoms with van der Waals surface area (Å²) in [7, 11) is 0. The Hall–Kier alpha value is -3.02.